The Kier molecular flexibility index (Phi) is 5.86. The molecule has 0 aliphatic heterocycles. The molecule has 1 atom stereocenters. The van der Waals surface area contributed by atoms with Gasteiger partial charge in [0.25, 0.3) is 0 Å². The summed E-state index contributed by atoms with van der Waals surface area (Å²) in [5, 5.41) is 2.84. The van der Waals surface area contributed by atoms with E-state index in [1.807, 2.05) is 0 Å². The first-order chi connectivity index (χ1) is 8.10. The van der Waals surface area contributed by atoms with Gasteiger partial charge in [0.1, 0.15) is 11.6 Å². The van der Waals surface area contributed by atoms with Crippen molar-refractivity contribution in [1.82, 2.24) is 5.32 Å². The van der Waals surface area contributed by atoms with Crippen LogP contribution in [-0.2, 0) is 0 Å². The zero-order chi connectivity index (χ0) is 12.8. The summed E-state index contributed by atoms with van der Waals surface area (Å²) in [6.45, 7) is 2.11. The van der Waals surface area contributed by atoms with Crippen molar-refractivity contribution >= 4 is 11.6 Å². The first kappa shape index (κ1) is 14.4. The van der Waals surface area contributed by atoms with Crippen LogP contribution in [0.4, 0.5) is 8.78 Å². The van der Waals surface area contributed by atoms with E-state index in [0.29, 0.717) is 5.56 Å². The molecule has 0 saturated carbocycles. The zero-order valence-electron chi connectivity index (χ0n) is 10.2. The molecule has 1 rings (SSSR count). The van der Waals surface area contributed by atoms with E-state index in [4.69, 9.17) is 11.6 Å². The average Bonchev–Trinajstić information content (AvgIpc) is 2.30. The highest BCUT2D eigenvalue weighted by Crippen LogP contribution is 2.26. The smallest absolute Gasteiger partial charge is 0.142 e. The highest BCUT2D eigenvalue weighted by atomic mass is 35.5. The molecule has 0 spiro atoms. The van der Waals surface area contributed by atoms with Crippen LogP contribution in [0.1, 0.15) is 44.2 Å². The van der Waals surface area contributed by atoms with Crippen molar-refractivity contribution in [3.8, 4) is 0 Å². The largest absolute Gasteiger partial charge is 0.313 e. The Morgan fingerprint density at radius 2 is 1.94 bits per heavy atom. The number of hydrogen-bond donors (Lipinski definition) is 1. The topological polar surface area (TPSA) is 12.0 Å². The van der Waals surface area contributed by atoms with Gasteiger partial charge in [0.2, 0.25) is 0 Å². The standard InChI is InChI=1S/C13H18ClF2N/c1-3-4-5-6-13(17-2)9-7-12(16)10(14)8-11(9)15/h7-8,13,17H,3-6H2,1-2H3. The highest BCUT2D eigenvalue weighted by Gasteiger charge is 2.16. The van der Waals surface area contributed by atoms with Crippen molar-refractivity contribution in [2.45, 2.75) is 38.6 Å². The van der Waals surface area contributed by atoms with Crippen molar-refractivity contribution in [2.75, 3.05) is 7.05 Å². The molecule has 0 bridgehead atoms. The number of benzene rings is 1. The quantitative estimate of drug-likeness (QED) is 0.589. The van der Waals surface area contributed by atoms with Crippen molar-refractivity contribution < 1.29 is 8.78 Å². The number of nitrogens with one attached hydrogen (secondary N) is 1. The minimum absolute atomic E-state index is 0.159. The Morgan fingerprint density at radius 3 is 2.53 bits per heavy atom. The maximum absolute atomic E-state index is 13.7. The van der Waals surface area contributed by atoms with E-state index in [0.717, 1.165) is 31.7 Å². The summed E-state index contributed by atoms with van der Waals surface area (Å²) < 4.78 is 27.0. The summed E-state index contributed by atoms with van der Waals surface area (Å²) >= 11 is 5.53. The van der Waals surface area contributed by atoms with Crippen LogP contribution in [0.2, 0.25) is 5.02 Å². The first-order valence-corrected chi connectivity index (χ1v) is 6.29. The van der Waals surface area contributed by atoms with E-state index in [1.165, 1.54) is 6.07 Å². The molecular weight excluding hydrogens is 244 g/mol. The number of halogens is 3. The summed E-state index contributed by atoms with van der Waals surface area (Å²) in [6.07, 6.45) is 3.98. The van der Waals surface area contributed by atoms with Gasteiger partial charge in [0.15, 0.2) is 0 Å². The first-order valence-electron chi connectivity index (χ1n) is 5.91. The molecule has 0 amide bonds. The molecule has 0 aromatic heterocycles. The Balaban J connectivity index is 2.84. The second-order valence-electron chi connectivity index (χ2n) is 4.12. The number of hydrogen-bond acceptors (Lipinski definition) is 1. The summed E-state index contributed by atoms with van der Waals surface area (Å²) in [7, 11) is 1.75. The lowest BCUT2D eigenvalue weighted by Crippen LogP contribution is -2.18. The summed E-state index contributed by atoms with van der Waals surface area (Å²) in [6, 6.07) is 2.06. The van der Waals surface area contributed by atoms with Crippen LogP contribution >= 0.6 is 11.6 Å². The number of unbranched alkanes of at least 4 members (excludes halogenated alkanes) is 2. The molecule has 0 aliphatic rings. The third kappa shape index (κ3) is 3.93. The monoisotopic (exact) mass is 261 g/mol. The lowest BCUT2D eigenvalue weighted by atomic mass is 10.00. The maximum atomic E-state index is 13.7. The Labute approximate surface area is 106 Å². The predicted octanol–water partition coefficient (Wildman–Crippen LogP) is 4.46. The lowest BCUT2D eigenvalue weighted by molar-refractivity contribution is 0.479. The van der Waals surface area contributed by atoms with Crippen molar-refractivity contribution in [3.63, 3.8) is 0 Å². The molecule has 4 heteroatoms. The maximum Gasteiger partial charge on any atom is 0.142 e. The van der Waals surface area contributed by atoms with Crippen LogP contribution in [0.25, 0.3) is 0 Å². The van der Waals surface area contributed by atoms with Gasteiger partial charge in [0.05, 0.1) is 5.02 Å². The fraction of sp³-hybridized carbons (Fsp3) is 0.538. The molecule has 0 aliphatic carbocycles. The minimum Gasteiger partial charge on any atom is -0.313 e. The molecular formula is C13H18ClF2N. The molecule has 1 N–H and O–H groups in total. The van der Waals surface area contributed by atoms with Crippen LogP contribution < -0.4 is 5.32 Å². The summed E-state index contributed by atoms with van der Waals surface area (Å²) in [5.74, 6) is -1.02. The fourth-order valence-electron chi connectivity index (χ4n) is 1.86. The van der Waals surface area contributed by atoms with Gasteiger partial charge in [-0.3, -0.25) is 0 Å². The van der Waals surface area contributed by atoms with Crippen molar-refractivity contribution in [3.05, 3.63) is 34.4 Å². The van der Waals surface area contributed by atoms with Crippen LogP contribution in [0.5, 0.6) is 0 Å². The van der Waals surface area contributed by atoms with Gasteiger partial charge < -0.3 is 5.32 Å². The van der Waals surface area contributed by atoms with Crippen LogP contribution in [0.3, 0.4) is 0 Å². The van der Waals surface area contributed by atoms with E-state index in [-0.39, 0.29) is 11.1 Å². The van der Waals surface area contributed by atoms with Gasteiger partial charge in [-0.1, -0.05) is 37.8 Å². The van der Waals surface area contributed by atoms with Gasteiger partial charge >= 0.3 is 0 Å². The Morgan fingerprint density at radius 1 is 1.24 bits per heavy atom. The molecule has 1 unspecified atom stereocenters. The third-order valence-corrected chi connectivity index (χ3v) is 3.15. The third-order valence-electron chi connectivity index (χ3n) is 2.86. The van der Waals surface area contributed by atoms with Gasteiger partial charge in [-0.15, -0.1) is 0 Å². The second kappa shape index (κ2) is 6.92. The molecule has 17 heavy (non-hydrogen) atoms. The van der Waals surface area contributed by atoms with Crippen LogP contribution in [-0.4, -0.2) is 7.05 Å². The zero-order valence-corrected chi connectivity index (χ0v) is 11.0. The van der Waals surface area contributed by atoms with E-state index < -0.39 is 11.6 Å². The molecule has 0 radical (unpaired) electrons. The van der Waals surface area contributed by atoms with Crippen molar-refractivity contribution in [1.29, 1.82) is 0 Å². The predicted molar refractivity (Wildman–Crippen MR) is 67.3 cm³/mol. The Hall–Kier alpha value is -0.670. The molecule has 0 saturated heterocycles. The molecule has 1 aromatic rings. The van der Waals surface area contributed by atoms with Gasteiger partial charge in [-0.05, 0) is 25.6 Å². The minimum atomic E-state index is -0.571. The molecule has 96 valence electrons. The number of rotatable bonds is 6. The Bertz CT molecular complexity index is 369. The SMILES string of the molecule is CCCCCC(NC)c1cc(F)c(Cl)cc1F. The average molecular weight is 262 g/mol. The normalized spacial score (nSPS) is 12.8. The summed E-state index contributed by atoms with van der Waals surface area (Å²) in [4.78, 5) is 0. The second-order valence-corrected chi connectivity index (χ2v) is 4.53. The fourth-order valence-corrected chi connectivity index (χ4v) is 2.01. The van der Waals surface area contributed by atoms with E-state index in [1.54, 1.807) is 7.05 Å². The molecule has 0 fully saturated rings. The van der Waals surface area contributed by atoms with E-state index in [9.17, 15) is 8.78 Å². The molecule has 1 nitrogen and oxygen atoms in total. The lowest BCUT2D eigenvalue weighted by Gasteiger charge is -2.17. The summed E-state index contributed by atoms with van der Waals surface area (Å²) in [5.41, 5.74) is 0.352. The van der Waals surface area contributed by atoms with Gasteiger partial charge in [0, 0.05) is 11.6 Å². The highest BCUT2D eigenvalue weighted by molar-refractivity contribution is 6.30. The van der Waals surface area contributed by atoms with Crippen LogP contribution in [0.15, 0.2) is 12.1 Å². The van der Waals surface area contributed by atoms with Gasteiger partial charge in [-0.2, -0.15) is 0 Å². The van der Waals surface area contributed by atoms with Gasteiger partial charge in [-0.25, -0.2) is 8.78 Å². The van der Waals surface area contributed by atoms with Crippen molar-refractivity contribution in [2.24, 2.45) is 0 Å². The van der Waals surface area contributed by atoms with E-state index >= 15 is 0 Å². The van der Waals surface area contributed by atoms with E-state index in [2.05, 4.69) is 12.2 Å². The van der Waals surface area contributed by atoms with Crippen LogP contribution in [0, 0.1) is 11.6 Å². The molecule has 0 heterocycles. The molecule has 1 aromatic carbocycles.